The number of fused-ring (bicyclic) bond motifs is 2. The fourth-order valence-electron chi connectivity index (χ4n) is 4.30. The second-order valence-corrected chi connectivity index (χ2v) is 10.1. The highest BCUT2D eigenvalue weighted by atomic mass is 32.2. The van der Waals surface area contributed by atoms with E-state index in [9.17, 15) is 8.42 Å². The van der Waals surface area contributed by atoms with E-state index in [4.69, 9.17) is 9.73 Å². The van der Waals surface area contributed by atoms with Gasteiger partial charge in [0, 0.05) is 25.7 Å². The smallest absolute Gasteiger partial charge is 0.243 e. The molecule has 0 spiro atoms. The van der Waals surface area contributed by atoms with Gasteiger partial charge in [-0.05, 0) is 50.2 Å². The third-order valence-corrected chi connectivity index (χ3v) is 7.93. The van der Waals surface area contributed by atoms with Crippen molar-refractivity contribution < 1.29 is 13.2 Å². The molecule has 0 aliphatic carbocycles. The van der Waals surface area contributed by atoms with Crippen LogP contribution in [0, 0.1) is 6.92 Å². The molecule has 0 N–H and O–H groups in total. The van der Waals surface area contributed by atoms with Crippen LogP contribution in [0.2, 0.25) is 0 Å². The molecular formula is C25H25N3O3S. The number of sulfonamides is 1. The molecule has 32 heavy (non-hydrogen) atoms. The van der Waals surface area contributed by atoms with Crippen molar-refractivity contribution in [2.45, 2.75) is 24.8 Å². The number of hydrogen-bond donors (Lipinski definition) is 0. The van der Waals surface area contributed by atoms with Gasteiger partial charge < -0.3 is 9.64 Å². The first-order chi connectivity index (χ1) is 15.4. The molecule has 1 atom stereocenters. The number of aryl methyl sites for hydroxylation is 1. The third-order valence-electron chi connectivity index (χ3n) is 5.90. The highest BCUT2D eigenvalue weighted by Gasteiger charge is 2.35. The zero-order valence-corrected chi connectivity index (χ0v) is 18.9. The zero-order chi connectivity index (χ0) is 22.3. The topological polar surface area (TPSA) is 62.2 Å². The molecule has 0 amide bonds. The lowest BCUT2D eigenvalue weighted by molar-refractivity contribution is 0.206. The number of rotatable bonds is 2. The molecule has 3 aromatic rings. The minimum Gasteiger partial charge on any atom is -0.454 e. The van der Waals surface area contributed by atoms with E-state index < -0.39 is 10.0 Å². The standard InChI is InChI=1S/C25H25N3O3S/c1-18-12-13-23-21(16-18)25(26-22-10-6-7-11-24(22)31-23)27-14-15-28(19(2)17-27)32(29,30)20-8-4-3-5-9-20/h3-13,16,19H,14-15,17H2,1-2H3. The fraction of sp³-hybridized carbons (Fsp3) is 0.240. The van der Waals surface area contributed by atoms with Gasteiger partial charge in [-0.2, -0.15) is 4.31 Å². The molecule has 2 aliphatic heterocycles. The van der Waals surface area contributed by atoms with E-state index in [0.29, 0.717) is 30.3 Å². The minimum absolute atomic E-state index is 0.204. The number of aliphatic imine (C=N–C) groups is 1. The van der Waals surface area contributed by atoms with Crippen LogP contribution >= 0.6 is 0 Å². The van der Waals surface area contributed by atoms with Gasteiger partial charge in [0.15, 0.2) is 5.75 Å². The van der Waals surface area contributed by atoms with Gasteiger partial charge in [-0.3, -0.25) is 0 Å². The summed E-state index contributed by atoms with van der Waals surface area (Å²) in [5.74, 6) is 2.29. The molecule has 2 heterocycles. The lowest BCUT2D eigenvalue weighted by Crippen LogP contribution is -2.55. The first-order valence-corrected chi connectivity index (χ1v) is 12.2. The number of benzene rings is 3. The van der Waals surface area contributed by atoms with E-state index in [-0.39, 0.29) is 6.04 Å². The molecule has 1 saturated heterocycles. The summed E-state index contributed by atoms with van der Waals surface area (Å²) < 4.78 is 34.2. The monoisotopic (exact) mass is 447 g/mol. The van der Waals surface area contributed by atoms with Crippen molar-refractivity contribution in [2.75, 3.05) is 19.6 Å². The summed E-state index contributed by atoms with van der Waals surface area (Å²) in [7, 11) is -3.55. The van der Waals surface area contributed by atoms with E-state index in [1.807, 2.05) is 56.3 Å². The van der Waals surface area contributed by atoms with Crippen molar-refractivity contribution in [2.24, 2.45) is 4.99 Å². The van der Waals surface area contributed by atoms with Crippen LogP contribution in [0.4, 0.5) is 5.69 Å². The Morgan fingerprint density at radius 3 is 2.47 bits per heavy atom. The van der Waals surface area contributed by atoms with E-state index in [0.717, 1.165) is 28.4 Å². The van der Waals surface area contributed by atoms with Crippen LogP contribution in [0.1, 0.15) is 18.1 Å². The molecule has 0 saturated carbocycles. The highest BCUT2D eigenvalue weighted by Crippen LogP contribution is 2.38. The van der Waals surface area contributed by atoms with Gasteiger partial charge in [0.1, 0.15) is 17.3 Å². The summed E-state index contributed by atoms with van der Waals surface area (Å²) in [6, 6.07) is 22.2. The maximum Gasteiger partial charge on any atom is 0.243 e. The quantitative estimate of drug-likeness (QED) is 0.577. The Morgan fingerprint density at radius 1 is 0.938 bits per heavy atom. The Hall–Kier alpha value is -3.16. The Labute approximate surface area is 188 Å². The van der Waals surface area contributed by atoms with Gasteiger partial charge in [0.25, 0.3) is 0 Å². The molecule has 164 valence electrons. The number of amidine groups is 1. The lowest BCUT2D eigenvalue weighted by Gasteiger charge is -2.40. The van der Waals surface area contributed by atoms with Crippen LogP contribution in [0.5, 0.6) is 11.5 Å². The van der Waals surface area contributed by atoms with Crippen molar-refractivity contribution in [3.63, 3.8) is 0 Å². The molecule has 0 aromatic heterocycles. The summed E-state index contributed by atoms with van der Waals surface area (Å²) in [5, 5.41) is 0. The van der Waals surface area contributed by atoms with E-state index in [1.165, 1.54) is 0 Å². The molecule has 0 bridgehead atoms. The average molecular weight is 448 g/mol. The molecule has 3 aromatic carbocycles. The molecule has 6 nitrogen and oxygen atoms in total. The zero-order valence-electron chi connectivity index (χ0n) is 18.1. The number of hydrogen-bond acceptors (Lipinski definition) is 5. The maximum atomic E-state index is 13.2. The normalized spacial score (nSPS) is 18.8. The SMILES string of the molecule is Cc1ccc2c(c1)C(N1CCN(S(=O)(=O)c3ccccc3)C(C)C1)=Nc1ccccc1O2. The van der Waals surface area contributed by atoms with Gasteiger partial charge in [0.2, 0.25) is 10.0 Å². The van der Waals surface area contributed by atoms with Crippen molar-refractivity contribution in [1.82, 2.24) is 9.21 Å². The summed E-state index contributed by atoms with van der Waals surface area (Å²) in [6.45, 7) is 5.47. The summed E-state index contributed by atoms with van der Waals surface area (Å²) in [4.78, 5) is 7.48. The van der Waals surface area contributed by atoms with Gasteiger partial charge >= 0.3 is 0 Å². The van der Waals surface area contributed by atoms with Gasteiger partial charge in [-0.1, -0.05) is 42.0 Å². The van der Waals surface area contributed by atoms with Gasteiger partial charge in [0.05, 0.1) is 10.5 Å². The Morgan fingerprint density at radius 2 is 1.69 bits per heavy atom. The van der Waals surface area contributed by atoms with E-state index >= 15 is 0 Å². The Kier molecular flexibility index (Phi) is 5.23. The number of ether oxygens (including phenoxy) is 1. The first-order valence-electron chi connectivity index (χ1n) is 10.7. The number of para-hydroxylation sites is 2. The average Bonchev–Trinajstić information content (AvgIpc) is 2.96. The van der Waals surface area contributed by atoms with Crippen molar-refractivity contribution in [3.05, 3.63) is 83.9 Å². The summed E-state index contributed by atoms with van der Waals surface area (Å²) in [6.07, 6.45) is 0. The number of piperazine rings is 1. The van der Waals surface area contributed by atoms with E-state index in [1.54, 1.807) is 28.6 Å². The molecule has 2 aliphatic rings. The minimum atomic E-state index is -3.55. The van der Waals surface area contributed by atoms with Crippen LogP contribution in [-0.2, 0) is 10.0 Å². The third kappa shape index (κ3) is 3.67. The second-order valence-electron chi connectivity index (χ2n) is 8.23. The predicted octanol–water partition coefficient (Wildman–Crippen LogP) is 4.57. The van der Waals surface area contributed by atoms with Crippen LogP contribution < -0.4 is 4.74 Å². The van der Waals surface area contributed by atoms with Gasteiger partial charge in [-0.15, -0.1) is 0 Å². The maximum absolute atomic E-state index is 13.2. The first kappa shape index (κ1) is 20.7. The van der Waals surface area contributed by atoms with Crippen molar-refractivity contribution in [3.8, 4) is 11.5 Å². The summed E-state index contributed by atoms with van der Waals surface area (Å²) >= 11 is 0. The fourth-order valence-corrected chi connectivity index (χ4v) is 5.93. The van der Waals surface area contributed by atoms with Crippen molar-refractivity contribution in [1.29, 1.82) is 0 Å². The predicted molar refractivity (Wildman–Crippen MR) is 125 cm³/mol. The van der Waals surface area contributed by atoms with Crippen LogP contribution in [0.15, 0.2) is 82.7 Å². The van der Waals surface area contributed by atoms with Crippen LogP contribution in [0.3, 0.4) is 0 Å². The molecule has 1 unspecified atom stereocenters. The van der Waals surface area contributed by atoms with Crippen molar-refractivity contribution >= 4 is 21.5 Å². The highest BCUT2D eigenvalue weighted by molar-refractivity contribution is 7.89. The Bertz CT molecular complexity index is 1290. The van der Waals surface area contributed by atoms with Gasteiger partial charge in [-0.25, -0.2) is 13.4 Å². The van der Waals surface area contributed by atoms with Crippen LogP contribution in [0.25, 0.3) is 0 Å². The molecule has 7 heteroatoms. The Balaban J connectivity index is 1.50. The molecule has 1 fully saturated rings. The number of nitrogens with zero attached hydrogens (tertiary/aromatic N) is 3. The lowest BCUT2D eigenvalue weighted by atomic mass is 10.1. The molecular weight excluding hydrogens is 422 g/mol. The molecule has 5 rings (SSSR count). The van der Waals surface area contributed by atoms with Crippen LogP contribution in [-0.4, -0.2) is 49.1 Å². The van der Waals surface area contributed by atoms with E-state index in [2.05, 4.69) is 11.0 Å². The second kappa shape index (κ2) is 8.07. The summed E-state index contributed by atoms with van der Waals surface area (Å²) in [5.41, 5.74) is 2.81. The molecule has 0 radical (unpaired) electrons. The largest absolute Gasteiger partial charge is 0.454 e.